The smallest absolute Gasteiger partial charge is 0.195 e. The molecule has 0 radical (unpaired) electrons. The van der Waals surface area contributed by atoms with Crippen LogP contribution in [-0.4, -0.2) is 5.11 Å². The SMILES string of the molecule is O=c1c([C@H]2C[C@H](c3ccc(-c4ccc(Br)cc4)cc3)Cc3ccccc32)c(O)sc2ccccc12. The molecule has 0 bridgehead atoms. The first-order chi connectivity index (χ1) is 17.1. The molecule has 172 valence electrons. The van der Waals surface area contributed by atoms with Crippen LogP contribution < -0.4 is 5.43 Å². The summed E-state index contributed by atoms with van der Waals surface area (Å²) in [7, 11) is 0. The fraction of sp³-hybridized carbons (Fsp3) is 0.129. The van der Waals surface area contributed by atoms with Crippen molar-refractivity contribution in [1.29, 1.82) is 0 Å². The molecule has 4 aromatic carbocycles. The molecule has 0 amide bonds. The van der Waals surface area contributed by atoms with Gasteiger partial charge in [0.15, 0.2) is 10.5 Å². The molecule has 5 aromatic rings. The number of hydrogen-bond donors (Lipinski definition) is 1. The highest BCUT2D eigenvalue weighted by Crippen LogP contribution is 2.46. The van der Waals surface area contributed by atoms with E-state index in [4.69, 9.17) is 0 Å². The van der Waals surface area contributed by atoms with Gasteiger partial charge in [0, 0.05) is 20.5 Å². The topological polar surface area (TPSA) is 37.3 Å². The molecule has 0 unspecified atom stereocenters. The van der Waals surface area contributed by atoms with Crippen molar-refractivity contribution in [1.82, 2.24) is 0 Å². The molecule has 1 aliphatic rings. The van der Waals surface area contributed by atoms with E-state index in [0.717, 1.165) is 27.6 Å². The maximum absolute atomic E-state index is 13.6. The van der Waals surface area contributed by atoms with Crippen LogP contribution in [0.1, 0.15) is 40.5 Å². The average Bonchev–Trinajstić information content (AvgIpc) is 2.89. The van der Waals surface area contributed by atoms with Gasteiger partial charge in [0.1, 0.15) is 0 Å². The van der Waals surface area contributed by atoms with E-state index in [1.807, 2.05) is 30.3 Å². The molecule has 1 heterocycles. The van der Waals surface area contributed by atoms with Crippen LogP contribution in [0, 0.1) is 0 Å². The predicted octanol–water partition coefficient (Wildman–Crippen LogP) is 8.26. The molecular weight excluding hydrogens is 516 g/mol. The molecule has 35 heavy (non-hydrogen) atoms. The monoisotopic (exact) mass is 538 g/mol. The zero-order chi connectivity index (χ0) is 23.9. The minimum atomic E-state index is -0.135. The van der Waals surface area contributed by atoms with Crippen LogP contribution >= 0.6 is 27.3 Å². The zero-order valence-corrected chi connectivity index (χ0v) is 21.4. The average molecular weight is 539 g/mol. The van der Waals surface area contributed by atoms with E-state index in [-0.39, 0.29) is 22.3 Å². The van der Waals surface area contributed by atoms with E-state index < -0.39 is 0 Å². The second kappa shape index (κ2) is 9.10. The molecule has 0 spiro atoms. The van der Waals surface area contributed by atoms with Gasteiger partial charge in [0.25, 0.3) is 0 Å². The highest BCUT2D eigenvalue weighted by molar-refractivity contribution is 9.10. The van der Waals surface area contributed by atoms with E-state index in [9.17, 15) is 9.90 Å². The summed E-state index contributed by atoms with van der Waals surface area (Å²) in [6.07, 6.45) is 1.72. The van der Waals surface area contributed by atoms with Gasteiger partial charge in [0.05, 0.1) is 5.56 Å². The van der Waals surface area contributed by atoms with Crippen LogP contribution in [0.5, 0.6) is 5.06 Å². The van der Waals surface area contributed by atoms with Crippen molar-refractivity contribution in [3.63, 3.8) is 0 Å². The Hall–Kier alpha value is -3.21. The predicted molar refractivity (Wildman–Crippen MR) is 149 cm³/mol. The molecule has 4 heteroatoms. The Labute approximate surface area is 216 Å². The second-order valence-corrected chi connectivity index (χ2v) is 11.1. The molecule has 1 aromatic heterocycles. The molecule has 2 atom stereocenters. The third-order valence-electron chi connectivity index (χ3n) is 7.14. The van der Waals surface area contributed by atoms with Crippen molar-refractivity contribution in [2.45, 2.75) is 24.7 Å². The molecule has 6 rings (SSSR count). The molecule has 1 aliphatic carbocycles. The van der Waals surface area contributed by atoms with Crippen LogP contribution in [0.25, 0.3) is 21.2 Å². The van der Waals surface area contributed by atoms with E-state index in [2.05, 4.69) is 82.7 Å². The first kappa shape index (κ1) is 22.3. The third-order valence-corrected chi connectivity index (χ3v) is 8.66. The Bertz CT molecular complexity index is 1590. The van der Waals surface area contributed by atoms with Gasteiger partial charge < -0.3 is 5.11 Å². The largest absolute Gasteiger partial charge is 0.499 e. The maximum atomic E-state index is 13.6. The lowest BCUT2D eigenvalue weighted by Crippen LogP contribution is -2.23. The van der Waals surface area contributed by atoms with Crippen molar-refractivity contribution in [3.05, 3.63) is 134 Å². The minimum absolute atomic E-state index is 0.0529. The van der Waals surface area contributed by atoms with Gasteiger partial charge >= 0.3 is 0 Å². The highest BCUT2D eigenvalue weighted by atomic mass is 79.9. The maximum Gasteiger partial charge on any atom is 0.195 e. The molecule has 1 N–H and O–H groups in total. The normalized spacial score (nSPS) is 17.3. The molecule has 0 saturated heterocycles. The molecule has 0 fully saturated rings. The van der Waals surface area contributed by atoms with Crippen molar-refractivity contribution < 1.29 is 5.11 Å². The Kier molecular flexibility index (Phi) is 5.79. The summed E-state index contributed by atoms with van der Waals surface area (Å²) in [5.74, 6) is 0.133. The van der Waals surface area contributed by atoms with Crippen molar-refractivity contribution >= 4 is 37.4 Å². The summed E-state index contributed by atoms with van der Waals surface area (Å²) in [6.45, 7) is 0. The highest BCUT2D eigenvalue weighted by Gasteiger charge is 2.32. The van der Waals surface area contributed by atoms with Gasteiger partial charge in [0.2, 0.25) is 0 Å². The Morgan fingerprint density at radius 2 is 1.46 bits per heavy atom. The van der Waals surface area contributed by atoms with Gasteiger partial charge in [-0.25, -0.2) is 0 Å². The lowest BCUT2D eigenvalue weighted by atomic mass is 9.72. The van der Waals surface area contributed by atoms with E-state index in [1.165, 1.54) is 33.6 Å². The molecular formula is C31H23BrO2S. The van der Waals surface area contributed by atoms with Crippen molar-refractivity contribution in [3.8, 4) is 16.2 Å². The number of halogens is 1. The minimum Gasteiger partial charge on any atom is -0.499 e. The summed E-state index contributed by atoms with van der Waals surface area (Å²) < 4.78 is 1.89. The summed E-state index contributed by atoms with van der Waals surface area (Å²) >= 11 is 4.80. The van der Waals surface area contributed by atoms with E-state index in [1.54, 1.807) is 0 Å². The van der Waals surface area contributed by atoms with Gasteiger partial charge in [-0.05, 0) is 70.8 Å². The Morgan fingerprint density at radius 1 is 0.800 bits per heavy atom. The summed E-state index contributed by atoms with van der Waals surface area (Å²) in [5.41, 5.74) is 6.53. The molecule has 2 nitrogen and oxygen atoms in total. The van der Waals surface area contributed by atoms with Gasteiger partial charge in [-0.15, -0.1) is 0 Å². The number of hydrogen-bond acceptors (Lipinski definition) is 3. The number of rotatable bonds is 3. The van der Waals surface area contributed by atoms with Crippen LogP contribution in [0.4, 0.5) is 0 Å². The Balaban J connectivity index is 1.41. The number of fused-ring (bicyclic) bond motifs is 2. The van der Waals surface area contributed by atoms with E-state index in [0.29, 0.717) is 10.9 Å². The van der Waals surface area contributed by atoms with Crippen LogP contribution in [-0.2, 0) is 6.42 Å². The van der Waals surface area contributed by atoms with Crippen LogP contribution in [0.3, 0.4) is 0 Å². The third kappa shape index (κ3) is 4.11. The first-order valence-corrected chi connectivity index (χ1v) is 13.4. The van der Waals surface area contributed by atoms with Crippen molar-refractivity contribution in [2.24, 2.45) is 0 Å². The van der Waals surface area contributed by atoms with E-state index >= 15 is 0 Å². The Morgan fingerprint density at radius 3 is 2.23 bits per heavy atom. The molecule has 0 aliphatic heterocycles. The summed E-state index contributed by atoms with van der Waals surface area (Å²) in [4.78, 5) is 13.6. The number of aromatic hydroxyl groups is 1. The zero-order valence-electron chi connectivity index (χ0n) is 18.9. The summed E-state index contributed by atoms with van der Waals surface area (Å²) in [5, 5.41) is 11.8. The van der Waals surface area contributed by atoms with Crippen molar-refractivity contribution in [2.75, 3.05) is 0 Å². The lowest BCUT2D eigenvalue weighted by molar-refractivity contribution is 0.465. The van der Waals surface area contributed by atoms with Crippen LogP contribution in [0.15, 0.2) is 106 Å². The quantitative estimate of drug-likeness (QED) is 0.251. The van der Waals surface area contributed by atoms with Gasteiger partial charge in [-0.1, -0.05) is 100 Å². The fourth-order valence-corrected chi connectivity index (χ4v) is 6.62. The van der Waals surface area contributed by atoms with Gasteiger partial charge in [-0.3, -0.25) is 4.79 Å². The number of benzene rings is 4. The lowest BCUT2D eigenvalue weighted by Gasteiger charge is -2.32. The van der Waals surface area contributed by atoms with Crippen LogP contribution in [0.2, 0.25) is 0 Å². The van der Waals surface area contributed by atoms with Gasteiger partial charge in [-0.2, -0.15) is 0 Å². The first-order valence-electron chi connectivity index (χ1n) is 11.8. The second-order valence-electron chi connectivity index (χ2n) is 9.16. The standard InChI is InChI=1S/C31H23BrO2S/c32-24-15-13-20(14-16-24)19-9-11-21(12-10-19)23-17-22-5-1-2-6-25(22)27(18-23)29-30(33)26-7-3-4-8-28(26)35-31(29)34/h1-16,23,27,34H,17-18H2/t23-,27+/m1/s1. The molecule has 0 saturated carbocycles. The fourth-order valence-electron chi connectivity index (χ4n) is 5.39. The summed E-state index contributed by atoms with van der Waals surface area (Å²) in [6, 6.07) is 33.1.